The van der Waals surface area contributed by atoms with Gasteiger partial charge in [0.15, 0.2) is 0 Å². The van der Waals surface area contributed by atoms with Gasteiger partial charge in [0.2, 0.25) is 0 Å². The van der Waals surface area contributed by atoms with Crippen molar-refractivity contribution in [1.82, 2.24) is 4.98 Å². The van der Waals surface area contributed by atoms with Crippen molar-refractivity contribution in [3.8, 4) is 5.75 Å². The van der Waals surface area contributed by atoms with Crippen LogP contribution in [0, 0.1) is 12.8 Å². The Hall–Kier alpha value is -1.61. The molecular weight excluding hydrogens is 334 g/mol. The van der Waals surface area contributed by atoms with Gasteiger partial charge < -0.3 is 9.47 Å². The molecule has 1 aliphatic rings. The number of hydrogen-bond donors (Lipinski definition) is 0. The zero-order valence-corrected chi connectivity index (χ0v) is 17.3. The Labute approximate surface area is 164 Å². The summed E-state index contributed by atoms with van der Waals surface area (Å²) in [6.45, 7) is 9.30. The van der Waals surface area contributed by atoms with Crippen LogP contribution in [-0.4, -0.2) is 24.8 Å². The fourth-order valence-electron chi connectivity index (χ4n) is 4.10. The zero-order valence-electron chi connectivity index (χ0n) is 17.3. The summed E-state index contributed by atoms with van der Waals surface area (Å²) < 4.78 is 11.9. The summed E-state index contributed by atoms with van der Waals surface area (Å²) in [6, 6.07) is 6.49. The third kappa shape index (κ3) is 5.68. The molecule has 1 unspecified atom stereocenters. The first-order chi connectivity index (χ1) is 13.1. The van der Waals surface area contributed by atoms with Gasteiger partial charge in [-0.25, -0.2) is 0 Å². The Balaban J connectivity index is 1.59. The molecule has 0 aliphatic carbocycles. The van der Waals surface area contributed by atoms with Crippen LogP contribution in [0.5, 0.6) is 5.75 Å². The highest BCUT2D eigenvalue weighted by atomic mass is 16.5. The number of pyridine rings is 1. The fraction of sp³-hybridized carbons (Fsp3) is 0.625. The molecule has 0 bridgehead atoms. The molecule has 0 spiro atoms. The molecule has 0 amide bonds. The normalized spacial score (nSPS) is 18.9. The van der Waals surface area contributed by atoms with Crippen molar-refractivity contribution in [3.05, 3.63) is 35.5 Å². The second-order valence-corrected chi connectivity index (χ2v) is 8.30. The van der Waals surface area contributed by atoms with Gasteiger partial charge in [-0.3, -0.25) is 4.98 Å². The summed E-state index contributed by atoms with van der Waals surface area (Å²) in [5, 5.41) is 1.24. The summed E-state index contributed by atoms with van der Waals surface area (Å²) in [4.78, 5) is 4.54. The Morgan fingerprint density at radius 2 is 1.96 bits per heavy atom. The topological polar surface area (TPSA) is 31.4 Å². The van der Waals surface area contributed by atoms with Gasteiger partial charge in [0.1, 0.15) is 5.75 Å². The SMILES string of the molecule is Cc1ccnc2cc(OCCCC3CCCCOCCC3)c(C(C)C)cc12. The largest absolute Gasteiger partial charge is 0.493 e. The van der Waals surface area contributed by atoms with Crippen LogP contribution in [0.25, 0.3) is 10.9 Å². The molecule has 2 aromatic rings. The lowest BCUT2D eigenvalue weighted by Gasteiger charge is -2.18. The van der Waals surface area contributed by atoms with Crippen molar-refractivity contribution in [1.29, 1.82) is 0 Å². The van der Waals surface area contributed by atoms with Crippen molar-refractivity contribution < 1.29 is 9.47 Å². The molecule has 3 heteroatoms. The molecule has 27 heavy (non-hydrogen) atoms. The molecule has 1 aromatic heterocycles. The monoisotopic (exact) mass is 369 g/mol. The average molecular weight is 370 g/mol. The molecule has 1 aromatic carbocycles. The standard InChI is InChI=1S/C24H35NO2/c1-18(2)21-16-22-19(3)11-12-25-23(22)17-24(21)27-15-7-10-20-8-4-5-13-26-14-6-9-20/h11-12,16-18,20H,4-10,13-15H2,1-3H3. The molecule has 1 atom stereocenters. The summed E-state index contributed by atoms with van der Waals surface area (Å²) >= 11 is 0. The van der Waals surface area contributed by atoms with E-state index in [9.17, 15) is 0 Å². The van der Waals surface area contributed by atoms with Crippen LogP contribution in [0.1, 0.15) is 75.8 Å². The lowest BCUT2D eigenvalue weighted by molar-refractivity contribution is 0.130. The van der Waals surface area contributed by atoms with E-state index < -0.39 is 0 Å². The molecule has 0 saturated carbocycles. The maximum atomic E-state index is 6.25. The smallest absolute Gasteiger partial charge is 0.124 e. The highest BCUT2D eigenvalue weighted by Crippen LogP contribution is 2.32. The molecule has 3 nitrogen and oxygen atoms in total. The van der Waals surface area contributed by atoms with Crippen molar-refractivity contribution in [2.24, 2.45) is 5.92 Å². The number of benzene rings is 1. The number of aryl methyl sites for hydroxylation is 1. The second kappa shape index (κ2) is 10.1. The highest BCUT2D eigenvalue weighted by molar-refractivity contribution is 5.84. The van der Waals surface area contributed by atoms with Crippen molar-refractivity contribution in [2.75, 3.05) is 19.8 Å². The third-order valence-corrected chi connectivity index (χ3v) is 5.78. The molecule has 0 radical (unpaired) electrons. The minimum atomic E-state index is 0.443. The second-order valence-electron chi connectivity index (χ2n) is 8.30. The number of rotatable bonds is 6. The number of hydrogen-bond acceptors (Lipinski definition) is 3. The van der Waals surface area contributed by atoms with E-state index in [-0.39, 0.29) is 0 Å². The van der Waals surface area contributed by atoms with Gasteiger partial charge in [0.25, 0.3) is 0 Å². The predicted octanol–water partition coefficient (Wildman–Crippen LogP) is 6.42. The van der Waals surface area contributed by atoms with E-state index in [1.54, 1.807) is 0 Å². The first-order valence-corrected chi connectivity index (χ1v) is 10.7. The minimum Gasteiger partial charge on any atom is -0.493 e. The Morgan fingerprint density at radius 1 is 1.15 bits per heavy atom. The van der Waals surface area contributed by atoms with Crippen molar-refractivity contribution in [2.45, 2.75) is 71.6 Å². The molecule has 2 heterocycles. The maximum Gasteiger partial charge on any atom is 0.124 e. The van der Waals surface area contributed by atoms with Gasteiger partial charge in [-0.05, 0) is 74.1 Å². The summed E-state index contributed by atoms with van der Waals surface area (Å²) in [5.74, 6) is 2.29. The van der Waals surface area contributed by atoms with Crippen LogP contribution in [0.4, 0.5) is 0 Å². The highest BCUT2D eigenvalue weighted by Gasteiger charge is 2.13. The number of fused-ring (bicyclic) bond motifs is 1. The van der Waals surface area contributed by atoms with E-state index in [2.05, 4.69) is 44.0 Å². The van der Waals surface area contributed by atoms with Crippen LogP contribution in [0.3, 0.4) is 0 Å². The van der Waals surface area contributed by atoms with E-state index in [4.69, 9.17) is 9.47 Å². The van der Waals surface area contributed by atoms with Crippen LogP contribution < -0.4 is 4.74 Å². The van der Waals surface area contributed by atoms with Crippen LogP contribution in [0.2, 0.25) is 0 Å². The van der Waals surface area contributed by atoms with E-state index in [1.807, 2.05) is 6.20 Å². The molecule has 148 valence electrons. The van der Waals surface area contributed by atoms with E-state index in [1.165, 1.54) is 55.0 Å². The van der Waals surface area contributed by atoms with Crippen molar-refractivity contribution in [3.63, 3.8) is 0 Å². The van der Waals surface area contributed by atoms with Gasteiger partial charge >= 0.3 is 0 Å². The van der Waals surface area contributed by atoms with Gasteiger partial charge in [-0.1, -0.05) is 26.7 Å². The van der Waals surface area contributed by atoms with Crippen LogP contribution in [0.15, 0.2) is 24.4 Å². The lowest BCUT2D eigenvalue weighted by atomic mass is 9.92. The summed E-state index contributed by atoms with van der Waals surface area (Å²) in [7, 11) is 0. The zero-order chi connectivity index (χ0) is 19.1. The van der Waals surface area contributed by atoms with Gasteiger partial charge in [0, 0.05) is 30.9 Å². The van der Waals surface area contributed by atoms with E-state index in [0.29, 0.717) is 5.92 Å². The summed E-state index contributed by atoms with van der Waals surface area (Å²) in [6.07, 6.45) is 10.7. The first-order valence-electron chi connectivity index (χ1n) is 10.7. The van der Waals surface area contributed by atoms with Crippen molar-refractivity contribution >= 4 is 10.9 Å². The quantitative estimate of drug-likeness (QED) is 0.550. The number of nitrogens with zero attached hydrogens (tertiary/aromatic N) is 1. The Morgan fingerprint density at radius 3 is 2.81 bits per heavy atom. The minimum absolute atomic E-state index is 0.443. The lowest BCUT2D eigenvalue weighted by Crippen LogP contribution is -2.07. The van der Waals surface area contributed by atoms with Gasteiger partial charge in [0.05, 0.1) is 12.1 Å². The molecular formula is C24H35NO2. The molecule has 0 N–H and O–H groups in total. The van der Waals surface area contributed by atoms with Crippen LogP contribution in [-0.2, 0) is 4.74 Å². The predicted molar refractivity (Wildman–Crippen MR) is 113 cm³/mol. The number of aromatic nitrogens is 1. The first kappa shape index (κ1) is 20.1. The number of ether oxygens (including phenoxy) is 2. The molecule has 1 fully saturated rings. The fourth-order valence-corrected chi connectivity index (χ4v) is 4.10. The van der Waals surface area contributed by atoms with E-state index >= 15 is 0 Å². The summed E-state index contributed by atoms with van der Waals surface area (Å²) in [5.41, 5.74) is 3.60. The van der Waals surface area contributed by atoms with Crippen LogP contribution >= 0.6 is 0 Å². The Bertz CT molecular complexity index is 716. The molecule has 1 saturated heterocycles. The van der Waals surface area contributed by atoms with E-state index in [0.717, 1.165) is 43.4 Å². The van der Waals surface area contributed by atoms with Gasteiger partial charge in [-0.15, -0.1) is 0 Å². The third-order valence-electron chi connectivity index (χ3n) is 5.78. The Kier molecular flexibility index (Phi) is 7.51. The maximum absolute atomic E-state index is 6.25. The molecule has 3 rings (SSSR count). The molecule has 1 aliphatic heterocycles. The van der Waals surface area contributed by atoms with Gasteiger partial charge in [-0.2, -0.15) is 0 Å². The average Bonchev–Trinajstić information content (AvgIpc) is 2.79.